The van der Waals surface area contributed by atoms with Crippen LogP contribution < -0.4 is 0 Å². The monoisotopic (exact) mass is 426 g/mol. The molecule has 21 heavy (non-hydrogen) atoms. The molecular weight excluding hydrogens is 412 g/mol. The average Bonchev–Trinajstić information content (AvgIpc) is 2.16. The van der Waals surface area contributed by atoms with E-state index >= 15 is 0 Å². The predicted octanol–water partition coefficient (Wildman–Crippen LogP) is 0.494. The van der Waals surface area contributed by atoms with Crippen molar-refractivity contribution in [3.8, 4) is 5.75 Å². The number of allylic oxidation sites excluding steroid dienone is 1. The number of phenols is 1. The summed E-state index contributed by atoms with van der Waals surface area (Å²) in [5.41, 5.74) is 0.928. The minimum absolute atomic E-state index is 0. The predicted molar refractivity (Wildman–Crippen MR) is 83.9 cm³/mol. The first kappa shape index (κ1) is 26.3. The molecule has 0 aliphatic rings. The van der Waals surface area contributed by atoms with Crippen molar-refractivity contribution in [3.63, 3.8) is 0 Å². The molecule has 1 rings (SSSR count). The summed E-state index contributed by atoms with van der Waals surface area (Å²) in [6, 6.07) is 7.27. The van der Waals surface area contributed by atoms with E-state index in [1.54, 1.807) is 12.1 Å². The van der Waals surface area contributed by atoms with E-state index in [0.29, 0.717) is 5.75 Å². The molecule has 0 heterocycles. The first-order valence-electron chi connectivity index (χ1n) is 4.79. The fraction of sp³-hybridized carbons (Fsp3) is 0.111. The minimum atomic E-state index is -3.81. The molecule has 0 saturated carbocycles. The summed E-state index contributed by atoms with van der Waals surface area (Å²) in [6.07, 6.45) is 2.50. The molecule has 0 amide bonds. The summed E-state index contributed by atoms with van der Waals surface area (Å²) in [7, 11) is 0. The third kappa shape index (κ3) is 33.3. The molecule has 0 aliphatic carbocycles. The van der Waals surface area contributed by atoms with Crippen molar-refractivity contribution in [1.29, 1.82) is 0 Å². The van der Waals surface area contributed by atoms with Gasteiger partial charge in [-0.15, -0.1) is 6.58 Å². The summed E-state index contributed by atoms with van der Waals surface area (Å²) >= 11 is 7.21. The quantitative estimate of drug-likeness (QED) is 0.204. The fourth-order valence-electron chi connectivity index (χ4n) is 0.839. The molecule has 12 heteroatoms. The van der Waals surface area contributed by atoms with Crippen LogP contribution in [0.1, 0.15) is 5.56 Å². The van der Waals surface area contributed by atoms with Gasteiger partial charge in [0.1, 0.15) is 5.75 Å². The van der Waals surface area contributed by atoms with Crippen LogP contribution in [-0.4, -0.2) is 34.5 Å². The Morgan fingerprint density at radius 3 is 1.57 bits per heavy atom. The number of aromatic hydroxyl groups is 1. The number of hydrogen-bond acceptors (Lipinski definition) is 3. The van der Waals surface area contributed by atoms with E-state index in [1.807, 2.05) is 18.2 Å². The fourth-order valence-corrected chi connectivity index (χ4v) is 0.839. The maximum atomic E-state index is 9.19. The second kappa shape index (κ2) is 12.9. The van der Waals surface area contributed by atoms with Gasteiger partial charge < -0.3 is 34.5 Å². The molecule has 0 saturated heterocycles. The second-order valence-electron chi connectivity index (χ2n) is 3.15. The van der Waals surface area contributed by atoms with Gasteiger partial charge in [0.2, 0.25) is 0 Å². The molecule has 118 valence electrons. The van der Waals surface area contributed by atoms with E-state index < -0.39 is 13.4 Å². The van der Waals surface area contributed by atoms with Gasteiger partial charge in [-0.25, -0.2) is 0 Å². The van der Waals surface area contributed by atoms with Gasteiger partial charge in [-0.1, -0.05) is 24.3 Å². The van der Waals surface area contributed by atoms with Crippen LogP contribution in [0.5, 0.6) is 5.75 Å². The molecule has 0 fully saturated rings. The topological polar surface area (TPSA) is 142 Å². The molecule has 0 atom stereocenters. The molecule has 0 aromatic heterocycles. The molecule has 0 bridgehead atoms. The zero-order valence-electron chi connectivity index (χ0n) is 10.8. The van der Waals surface area contributed by atoms with Gasteiger partial charge in [0.15, 0.2) is 0 Å². The Hall–Kier alpha value is 0.443. The zero-order chi connectivity index (χ0) is 16.4. The van der Waals surface area contributed by atoms with Crippen molar-refractivity contribution in [2.75, 3.05) is 0 Å². The van der Waals surface area contributed by atoms with E-state index in [1.165, 1.54) is 0 Å². The van der Waals surface area contributed by atoms with Crippen LogP contribution in [0.15, 0.2) is 36.9 Å². The standard InChI is InChI=1S/C9H10O.2H3O3PS.Zn/c1-2-5-8-6-3-4-7-9(8)10;2*1-4(2,3)5;/h2-4,6-7,10H,1,5H2;2*(H3,1,2,3,5);. The minimum Gasteiger partial charge on any atom is -0.508 e. The van der Waals surface area contributed by atoms with Crippen LogP contribution in [0.2, 0.25) is 0 Å². The Morgan fingerprint density at radius 1 is 0.952 bits per heavy atom. The molecular formula is C9H16O7P2S2Zn. The summed E-state index contributed by atoms with van der Waals surface area (Å²) < 4.78 is 0. The van der Waals surface area contributed by atoms with Gasteiger partial charge in [-0.05, 0) is 41.7 Å². The van der Waals surface area contributed by atoms with Gasteiger partial charge in [-0.2, -0.15) is 0 Å². The Balaban J connectivity index is -0.000000254. The van der Waals surface area contributed by atoms with Crippen molar-refractivity contribution in [2.45, 2.75) is 6.42 Å². The molecule has 7 N–H and O–H groups in total. The third-order valence-electron chi connectivity index (χ3n) is 1.36. The number of phenolic OH excluding ortho intramolecular Hbond substituents is 1. The first-order valence-corrected chi connectivity index (χ1v) is 10.1. The summed E-state index contributed by atoms with van der Waals surface area (Å²) in [5.74, 6) is 0.349. The van der Waals surface area contributed by atoms with E-state index in [-0.39, 0.29) is 19.5 Å². The molecule has 1 aromatic carbocycles. The number of rotatable bonds is 2. The Morgan fingerprint density at radius 2 is 1.29 bits per heavy atom. The molecule has 1 aromatic rings. The maximum Gasteiger partial charge on any atom is 0.319 e. The van der Waals surface area contributed by atoms with Crippen molar-refractivity contribution in [1.82, 2.24) is 0 Å². The Bertz CT molecular complexity index is 466. The van der Waals surface area contributed by atoms with Gasteiger partial charge in [0.25, 0.3) is 0 Å². The number of para-hydroxylation sites is 1. The molecule has 0 aliphatic heterocycles. The van der Waals surface area contributed by atoms with Crippen LogP contribution in [-0.2, 0) is 49.5 Å². The average molecular weight is 428 g/mol. The number of benzene rings is 1. The SMILES string of the molecule is C=CCc1ccccc1O.OP(O)(O)=S.OP(O)(O)=S.[Zn]. The van der Waals surface area contributed by atoms with Crippen LogP contribution in [0, 0.1) is 0 Å². The Labute approximate surface area is 145 Å². The van der Waals surface area contributed by atoms with Gasteiger partial charge in [0, 0.05) is 19.5 Å². The van der Waals surface area contributed by atoms with Gasteiger partial charge in [0.05, 0.1) is 0 Å². The van der Waals surface area contributed by atoms with Crippen molar-refractivity contribution in [3.05, 3.63) is 42.5 Å². The second-order valence-corrected chi connectivity index (χ2v) is 8.14. The van der Waals surface area contributed by atoms with Crippen LogP contribution in [0.3, 0.4) is 0 Å². The summed E-state index contributed by atoms with van der Waals surface area (Å²) in [5, 5.41) is 9.19. The molecule has 0 spiro atoms. The summed E-state index contributed by atoms with van der Waals surface area (Å²) in [4.78, 5) is 45.3. The molecule has 0 radical (unpaired) electrons. The van der Waals surface area contributed by atoms with Crippen LogP contribution in [0.25, 0.3) is 0 Å². The Kier molecular flexibility index (Phi) is 16.2. The van der Waals surface area contributed by atoms with E-state index in [0.717, 1.165) is 12.0 Å². The van der Waals surface area contributed by atoms with Crippen molar-refractivity contribution >= 4 is 37.1 Å². The maximum absolute atomic E-state index is 9.19. The van der Waals surface area contributed by atoms with Gasteiger partial charge >= 0.3 is 13.4 Å². The van der Waals surface area contributed by atoms with Crippen molar-refractivity contribution in [2.24, 2.45) is 0 Å². The van der Waals surface area contributed by atoms with E-state index in [9.17, 15) is 5.11 Å². The zero-order valence-corrected chi connectivity index (χ0v) is 17.2. The van der Waals surface area contributed by atoms with Crippen LogP contribution >= 0.6 is 13.4 Å². The van der Waals surface area contributed by atoms with Crippen LogP contribution in [0.4, 0.5) is 0 Å². The van der Waals surface area contributed by atoms with Crippen molar-refractivity contribution < 1.29 is 53.9 Å². The molecule has 0 unspecified atom stereocenters. The normalized spacial score (nSPS) is 10.0. The number of hydrogen-bond donors (Lipinski definition) is 7. The largest absolute Gasteiger partial charge is 0.508 e. The summed E-state index contributed by atoms with van der Waals surface area (Å²) in [6.45, 7) is -4.03. The first-order chi connectivity index (χ1) is 8.84. The van der Waals surface area contributed by atoms with E-state index in [2.05, 4.69) is 30.2 Å². The van der Waals surface area contributed by atoms with Gasteiger partial charge in [-0.3, -0.25) is 0 Å². The molecule has 7 nitrogen and oxygen atoms in total. The van der Waals surface area contributed by atoms with E-state index in [4.69, 9.17) is 29.4 Å². The third-order valence-corrected chi connectivity index (χ3v) is 1.36. The smallest absolute Gasteiger partial charge is 0.319 e.